The molecular formula is C11H16F3NO5S. The van der Waals surface area contributed by atoms with E-state index in [9.17, 15) is 26.4 Å². The fourth-order valence-corrected chi connectivity index (χ4v) is 4.61. The molecule has 21 heavy (non-hydrogen) atoms. The van der Waals surface area contributed by atoms with Crippen LogP contribution in [0.15, 0.2) is 0 Å². The molecule has 122 valence electrons. The number of aliphatic carboxylic acids is 1. The van der Waals surface area contributed by atoms with Gasteiger partial charge in [0.05, 0.1) is 23.7 Å². The quantitative estimate of drug-likeness (QED) is 0.823. The molecule has 2 rings (SSSR count). The summed E-state index contributed by atoms with van der Waals surface area (Å²) in [6.07, 6.45) is -3.91. The van der Waals surface area contributed by atoms with Crippen molar-refractivity contribution in [2.24, 2.45) is 11.8 Å². The molecule has 0 spiro atoms. The lowest BCUT2D eigenvalue weighted by Crippen LogP contribution is -2.42. The van der Waals surface area contributed by atoms with Crippen molar-refractivity contribution in [3.8, 4) is 0 Å². The summed E-state index contributed by atoms with van der Waals surface area (Å²) >= 11 is 0. The molecule has 0 saturated carbocycles. The van der Waals surface area contributed by atoms with Crippen LogP contribution in [0.1, 0.15) is 12.8 Å². The second-order valence-electron chi connectivity index (χ2n) is 5.29. The van der Waals surface area contributed by atoms with Gasteiger partial charge in [-0.2, -0.15) is 13.2 Å². The first-order chi connectivity index (χ1) is 9.64. The molecule has 10 heteroatoms. The Morgan fingerprint density at radius 1 is 1.29 bits per heavy atom. The van der Waals surface area contributed by atoms with E-state index in [1.807, 2.05) is 0 Å². The summed E-state index contributed by atoms with van der Waals surface area (Å²) < 4.78 is 68.9. The molecule has 0 bridgehead atoms. The van der Waals surface area contributed by atoms with Crippen molar-refractivity contribution in [1.29, 1.82) is 0 Å². The summed E-state index contributed by atoms with van der Waals surface area (Å²) in [5.74, 6) is -5.56. The number of hydrogen-bond donors (Lipinski definition) is 1. The van der Waals surface area contributed by atoms with E-state index in [1.54, 1.807) is 0 Å². The lowest BCUT2D eigenvalue weighted by atomic mass is 9.96. The standard InChI is InChI=1S/C11H16F3NO5S/c12-11(13,14)9-5-15(4-8(9)10(16)17)21(18,19)7-2-1-3-20-6-7/h7-9H,1-6H2,(H,16,17)/t7?,8-,9-/m1/s1. The zero-order chi connectivity index (χ0) is 15.8. The van der Waals surface area contributed by atoms with Crippen LogP contribution in [0.25, 0.3) is 0 Å². The number of ether oxygens (including phenoxy) is 1. The van der Waals surface area contributed by atoms with Gasteiger partial charge in [0.25, 0.3) is 0 Å². The van der Waals surface area contributed by atoms with Gasteiger partial charge in [-0.05, 0) is 12.8 Å². The Labute approximate surface area is 119 Å². The highest BCUT2D eigenvalue weighted by molar-refractivity contribution is 7.89. The maximum atomic E-state index is 12.9. The molecule has 2 fully saturated rings. The van der Waals surface area contributed by atoms with Gasteiger partial charge in [-0.3, -0.25) is 4.79 Å². The van der Waals surface area contributed by atoms with Crippen LogP contribution >= 0.6 is 0 Å². The molecule has 0 aromatic heterocycles. The first-order valence-corrected chi connectivity index (χ1v) is 8.00. The molecule has 6 nitrogen and oxygen atoms in total. The Kier molecular flexibility index (Phi) is 4.50. The topological polar surface area (TPSA) is 83.9 Å². The van der Waals surface area contributed by atoms with Gasteiger partial charge in [-0.1, -0.05) is 0 Å². The highest BCUT2D eigenvalue weighted by Crippen LogP contribution is 2.39. The largest absolute Gasteiger partial charge is 0.481 e. The summed E-state index contributed by atoms with van der Waals surface area (Å²) in [4.78, 5) is 11.0. The number of carboxylic acids is 1. The number of hydrogen-bond acceptors (Lipinski definition) is 4. The number of alkyl halides is 3. The third-order valence-electron chi connectivity index (χ3n) is 3.92. The number of halogens is 3. The summed E-state index contributed by atoms with van der Waals surface area (Å²) in [5, 5.41) is 8.00. The van der Waals surface area contributed by atoms with Crippen LogP contribution in [0.5, 0.6) is 0 Å². The van der Waals surface area contributed by atoms with Gasteiger partial charge in [-0.25, -0.2) is 12.7 Å². The van der Waals surface area contributed by atoms with Crippen molar-refractivity contribution in [3.63, 3.8) is 0 Å². The first-order valence-electron chi connectivity index (χ1n) is 6.50. The van der Waals surface area contributed by atoms with Gasteiger partial charge in [0.2, 0.25) is 10.0 Å². The molecule has 0 aliphatic carbocycles. The molecule has 0 radical (unpaired) electrons. The summed E-state index contributed by atoms with van der Waals surface area (Å²) in [6, 6.07) is 0. The summed E-state index contributed by atoms with van der Waals surface area (Å²) in [6.45, 7) is -1.11. The lowest BCUT2D eigenvalue weighted by molar-refractivity contribution is -0.187. The van der Waals surface area contributed by atoms with Gasteiger partial charge >= 0.3 is 12.1 Å². The van der Waals surface area contributed by atoms with E-state index in [-0.39, 0.29) is 6.61 Å². The van der Waals surface area contributed by atoms with E-state index < -0.39 is 52.3 Å². The van der Waals surface area contributed by atoms with Crippen LogP contribution < -0.4 is 0 Å². The average molecular weight is 331 g/mol. The van der Waals surface area contributed by atoms with E-state index in [2.05, 4.69) is 0 Å². The van der Waals surface area contributed by atoms with Crippen LogP contribution in [0, 0.1) is 11.8 Å². The average Bonchev–Trinajstić information content (AvgIpc) is 2.85. The molecule has 2 aliphatic heterocycles. The third kappa shape index (κ3) is 3.32. The molecule has 3 atom stereocenters. The van der Waals surface area contributed by atoms with Gasteiger partial charge < -0.3 is 9.84 Å². The smallest absolute Gasteiger partial charge is 0.393 e. The monoisotopic (exact) mass is 331 g/mol. The van der Waals surface area contributed by atoms with E-state index >= 15 is 0 Å². The van der Waals surface area contributed by atoms with Gasteiger partial charge in [0, 0.05) is 19.7 Å². The zero-order valence-electron chi connectivity index (χ0n) is 11.0. The number of sulfonamides is 1. The molecule has 2 aliphatic rings. The third-order valence-corrected chi connectivity index (χ3v) is 6.16. The van der Waals surface area contributed by atoms with E-state index in [0.717, 1.165) is 0 Å². The van der Waals surface area contributed by atoms with E-state index in [0.29, 0.717) is 23.8 Å². The molecule has 0 aromatic carbocycles. The summed E-state index contributed by atoms with van der Waals surface area (Å²) in [5.41, 5.74) is 0. The Hall–Kier alpha value is -0.870. The molecule has 1 N–H and O–H groups in total. The summed E-state index contributed by atoms with van der Waals surface area (Å²) in [7, 11) is -3.98. The predicted octanol–water partition coefficient (Wildman–Crippen LogP) is 0.690. The number of rotatable bonds is 3. The molecule has 0 aromatic rings. The van der Waals surface area contributed by atoms with Crippen LogP contribution in [-0.4, -0.2) is 61.5 Å². The van der Waals surface area contributed by atoms with Gasteiger partial charge in [0.1, 0.15) is 0 Å². The van der Waals surface area contributed by atoms with Crippen LogP contribution in [0.4, 0.5) is 13.2 Å². The van der Waals surface area contributed by atoms with Crippen LogP contribution in [0.2, 0.25) is 0 Å². The Bertz CT molecular complexity index is 500. The second-order valence-corrected chi connectivity index (χ2v) is 7.51. The minimum Gasteiger partial charge on any atom is -0.481 e. The first kappa shape index (κ1) is 16.5. The zero-order valence-corrected chi connectivity index (χ0v) is 11.9. The molecule has 0 amide bonds. The number of nitrogens with zero attached hydrogens (tertiary/aromatic N) is 1. The fourth-order valence-electron chi connectivity index (χ4n) is 2.71. The Balaban J connectivity index is 2.19. The second kappa shape index (κ2) is 5.73. The maximum Gasteiger partial charge on any atom is 0.393 e. The van der Waals surface area contributed by atoms with Gasteiger partial charge in [-0.15, -0.1) is 0 Å². The normalized spacial score (nSPS) is 32.2. The SMILES string of the molecule is O=C(O)[C@@H]1CN(S(=O)(=O)C2CCCOC2)C[C@H]1C(F)(F)F. The molecule has 2 saturated heterocycles. The maximum absolute atomic E-state index is 12.9. The van der Waals surface area contributed by atoms with Crippen LogP contribution in [-0.2, 0) is 19.6 Å². The highest BCUT2D eigenvalue weighted by atomic mass is 32.2. The van der Waals surface area contributed by atoms with Crippen molar-refractivity contribution in [1.82, 2.24) is 4.31 Å². The van der Waals surface area contributed by atoms with Crippen molar-refractivity contribution in [2.45, 2.75) is 24.3 Å². The van der Waals surface area contributed by atoms with Crippen molar-refractivity contribution in [3.05, 3.63) is 0 Å². The predicted molar refractivity (Wildman–Crippen MR) is 65.0 cm³/mol. The van der Waals surface area contributed by atoms with E-state index in [1.165, 1.54) is 0 Å². The minimum atomic E-state index is -4.74. The number of carboxylic acid groups (broad SMARTS) is 1. The molecular weight excluding hydrogens is 315 g/mol. The Morgan fingerprint density at radius 3 is 2.38 bits per heavy atom. The number of carbonyl (C=O) groups is 1. The molecule has 2 heterocycles. The molecule has 1 unspecified atom stereocenters. The van der Waals surface area contributed by atoms with Gasteiger partial charge in [0.15, 0.2) is 0 Å². The van der Waals surface area contributed by atoms with E-state index in [4.69, 9.17) is 9.84 Å². The minimum absolute atomic E-state index is 0.0622. The fraction of sp³-hybridized carbons (Fsp3) is 0.909. The highest BCUT2D eigenvalue weighted by Gasteiger charge is 2.55. The lowest BCUT2D eigenvalue weighted by Gasteiger charge is -2.27. The van der Waals surface area contributed by atoms with Crippen molar-refractivity contribution < 1.29 is 36.2 Å². The van der Waals surface area contributed by atoms with Crippen molar-refractivity contribution >= 4 is 16.0 Å². The Morgan fingerprint density at radius 2 is 1.95 bits per heavy atom. The van der Waals surface area contributed by atoms with Crippen LogP contribution in [0.3, 0.4) is 0 Å². The van der Waals surface area contributed by atoms with Crippen molar-refractivity contribution in [2.75, 3.05) is 26.3 Å².